The first kappa shape index (κ1) is 52.8. The fourth-order valence-electron chi connectivity index (χ4n) is 5.88. The molecule has 0 spiro atoms. The number of ether oxygens (including phenoxy) is 2. The highest BCUT2D eigenvalue weighted by molar-refractivity contribution is 7.47. The fourth-order valence-corrected chi connectivity index (χ4v) is 6.34. The zero-order valence-corrected chi connectivity index (χ0v) is 36.2. The molecule has 0 aliphatic heterocycles. The van der Waals surface area contributed by atoms with Gasteiger partial charge in [0.15, 0.2) is 6.10 Å². The van der Waals surface area contributed by atoms with Gasteiger partial charge in [0.1, 0.15) is 6.61 Å². The topological polar surface area (TPSA) is 108 Å². The van der Waals surface area contributed by atoms with Crippen molar-refractivity contribution in [3.05, 3.63) is 60.8 Å². The molecule has 0 aromatic heterocycles. The number of carbonyl (C=O) groups excluding carboxylic acids is 2. The number of esters is 2. The zero-order chi connectivity index (χ0) is 40.3. The van der Waals surface area contributed by atoms with Gasteiger partial charge in [-0.2, -0.15) is 0 Å². The van der Waals surface area contributed by atoms with E-state index >= 15 is 0 Å². The number of rotatable bonds is 40. The summed E-state index contributed by atoms with van der Waals surface area (Å²) in [7, 11) is -3.21. The largest absolute Gasteiger partial charge is 0.472 e. The molecular formula is C46H81O8P. The number of phosphoric acid groups is 1. The molecule has 9 heteroatoms. The summed E-state index contributed by atoms with van der Waals surface area (Å²) in [6.45, 7) is 3.75. The lowest BCUT2D eigenvalue weighted by atomic mass is 10.1. The van der Waals surface area contributed by atoms with Crippen LogP contribution in [0.15, 0.2) is 60.8 Å². The van der Waals surface area contributed by atoms with Gasteiger partial charge in [-0.15, -0.1) is 0 Å². The van der Waals surface area contributed by atoms with Crippen LogP contribution in [-0.2, 0) is 32.7 Å². The van der Waals surface area contributed by atoms with Crippen LogP contribution in [0.2, 0.25) is 0 Å². The zero-order valence-electron chi connectivity index (χ0n) is 35.3. The summed E-state index contributed by atoms with van der Waals surface area (Å²) < 4.78 is 32.0. The summed E-state index contributed by atoms with van der Waals surface area (Å²) in [5.74, 6) is -0.830. The van der Waals surface area contributed by atoms with Gasteiger partial charge < -0.3 is 14.4 Å². The Morgan fingerprint density at radius 1 is 0.527 bits per heavy atom. The molecule has 0 rings (SSSR count). The van der Waals surface area contributed by atoms with E-state index in [1.54, 1.807) is 0 Å². The molecule has 0 saturated carbocycles. The molecule has 0 bridgehead atoms. The molecule has 8 nitrogen and oxygen atoms in total. The average molecular weight is 793 g/mol. The molecule has 0 aromatic carbocycles. The van der Waals surface area contributed by atoms with Crippen molar-refractivity contribution in [3.8, 4) is 0 Å². The third-order valence-corrected chi connectivity index (χ3v) is 10.2. The Kier molecular flexibility index (Phi) is 39.7. The van der Waals surface area contributed by atoms with Crippen molar-refractivity contribution in [1.29, 1.82) is 0 Å². The van der Waals surface area contributed by atoms with Gasteiger partial charge in [0.05, 0.1) is 6.61 Å². The third kappa shape index (κ3) is 41.2. The Hall–Kier alpha value is -2.25. The van der Waals surface area contributed by atoms with Gasteiger partial charge in [0, 0.05) is 20.0 Å². The van der Waals surface area contributed by atoms with E-state index in [9.17, 15) is 19.0 Å². The molecule has 2 atom stereocenters. The van der Waals surface area contributed by atoms with Crippen LogP contribution in [0.5, 0.6) is 0 Å². The molecule has 0 heterocycles. The number of hydrogen-bond acceptors (Lipinski definition) is 7. The molecule has 318 valence electrons. The second-order valence-electron chi connectivity index (χ2n) is 14.4. The Balaban J connectivity index is 3.99. The van der Waals surface area contributed by atoms with Crippen LogP contribution >= 0.6 is 7.82 Å². The van der Waals surface area contributed by atoms with Gasteiger partial charge in [0.25, 0.3) is 0 Å². The van der Waals surface area contributed by atoms with Gasteiger partial charge in [-0.05, 0) is 77.0 Å². The molecule has 55 heavy (non-hydrogen) atoms. The Bertz CT molecular complexity index is 1080. The highest BCUT2D eigenvalue weighted by Gasteiger charge is 2.24. The van der Waals surface area contributed by atoms with Crippen molar-refractivity contribution in [2.24, 2.45) is 0 Å². The van der Waals surface area contributed by atoms with Crippen LogP contribution < -0.4 is 0 Å². The van der Waals surface area contributed by atoms with Gasteiger partial charge in [-0.3, -0.25) is 18.6 Å². The molecule has 1 N–H and O–H groups in total. The van der Waals surface area contributed by atoms with E-state index in [2.05, 4.69) is 79.1 Å². The second-order valence-corrected chi connectivity index (χ2v) is 16.0. The lowest BCUT2D eigenvalue weighted by Gasteiger charge is -2.19. The van der Waals surface area contributed by atoms with Gasteiger partial charge in [-0.1, -0.05) is 164 Å². The molecular weight excluding hydrogens is 711 g/mol. The number of hydrogen-bond donors (Lipinski definition) is 1. The van der Waals surface area contributed by atoms with Crippen LogP contribution in [0.1, 0.15) is 194 Å². The maximum atomic E-state index is 12.5. The maximum absolute atomic E-state index is 12.5. The Morgan fingerprint density at radius 3 is 1.38 bits per heavy atom. The second kappa shape index (κ2) is 41.4. The summed E-state index contributed by atoms with van der Waals surface area (Å²) >= 11 is 0. The minimum Gasteiger partial charge on any atom is -0.462 e. The summed E-state index contributed by atoms with van der Waals surface area (Å²) in [5, 5.41) is 0. The quantitative estimate of drug-likeness (QED) is 0.0283. The van der Waals surface area contributed by atoms with E-state index in [4.69, 9.17) is 14.0 Å². The molecule has 0 amide bonds. The van der Waals surface area contributed by atoms with Gasteiger partial charge in [0.2, 0.25) is 0 Å². The van der Waals surface area contributed by atoms with Gasteiger partial charge >= 0.3 is 19.8 Å². The molecule has 0 aromatic rings. The van der Waals surface area contributed by atoms with Gasteiger partial charge in [-0.25, -0.2) is 4.57 Å². The number of allylic oxidation sites excluding steroid dienone is 10. The first-order valence-corrected chi connectivity index (χ1v) is 23.5. The van der Waals surface area contributed by atoms with Crippen molar-refractivity contribution in [2.75, 3.05) is 20.3 Å². The lowest BCUT2D eigenvalue weighted by Crippen LogP contribution is -2.29. The highest BCUT2D eigenvalue weighted by atomic mass is 31.2. The molecule has 0 aliphatic rings. The number of phosphoric ester groups is 1. The van der Waals surface area contributed by atoms with Crippen LogP contribution in [0, 0.1) is 0 Å². The Morgan fingerprint density at radius 2 is 0.927 bits per heavy atom. The van der Waals surface area contributed by atoms with E-state index in [1.807, 2.05) is 0 Å². The van der Waals surface area contributed by atoms with Crippen LogP contribution in [-0.4, -0.2) is 43.3 Å². The van der Waals surface area contributed by atoms with Crippen LogP contribution in [0.4, 0.5) is 0 Å². The SMILES string of the molecule is CC/C=C\C/C=C\C/C=C\CCCCCCCC(=O)OC(COC(=O)CCCCCCCCCCC/C=C\C/C=C\CCCCCCC)COP(=O)(O)OC. The third-order valence-electron chi connectivity index (χ3n) is 9.25. The molecule has 0 fully saturated rings. The summed E-state index contributed by atoms with van der Waals surface area (Å²) in [6, 6.07) is 0. The minimum absolute atomic E-state index is 0.222. The summed E-state index contributed by atoms with van der Waals surface area (Å²) in [6.07, 6.45) is 51.3. The summed E-state index contributed by atoms with van der Waals surface area (Å²) in [5.41, 5.74) is 0. The van der Waals surface area contributed by atoms with Crippen molar-refractivity contribution in [1.82, 2.24) is 0 Å². The first-order chi connectivity index (χ1) is 26.8. The summed E-state index contributed by atoms with van der Waals surface area (Å²) in [4.78, 5) is 34.5. The van der Waals surface area contributed by atoms with Crippen molar-refractivity contribution in [2.45, 2.75) is 200 Å². The minimum atomic E-state index is -4.27. The lowest BCUT2D eigenvalue weighted by molar-refractivity contribution is -0.161. The molecule has 0 saturated heterocycles. The fraction of sp³-hybridized carbons (Fsp3) is 0.739. The monoisotopic (exact) mass is 793 g/mol. The normalized spacial score (nSPS) is 13.9. The van der Waals surface area contributed by atoms with E-state index in [-0.39, 0.29) is 25.4 Å². The number of carbonyl (C=O) groups is 2. The van der Waals surface area contributed by atoms with E-state index in [1.165, 1.54) is 83.5 Å². The molecule has 0 radical (unpaired) electrons. The smallest absolute Gasteiger partial charge is 0.462 e. The molecule has 2 unspecified atom stereocenters. The van der Waals surface area contributed by atoms with E-state index < -0.39 is 26.5 Å². The molecule has 0 aliphatic carbocycles. The van der Waals surface area contributed by atoms with Crippen LogP contribution in [0.25, 0.3) is 0 Å². The van der Waals surface area contributed by atoms with Crippen molar-refractivity contribution in [3.63, 3.8) is 0 Å². The van der Waals surface area contributed by atoms with Crippen LogP contribution in [0.3, 0.4) is 0 Å². The maximum Gasteiger partial charge on any atom is 0.472 e. The predicted octanol–water partition coefficient (Wildman–Crippen LogP) is 13.9. The number of unbranched alkanes of at least 4 members (excludes halogenated alkanes) is 19. The average Bonchev–Trinajstić information content (AvgIpc) is 3.18. The predicted molar refractivity (Wildman–Crippen MR) is 230 cm³/mol. The van der Waals surface area contributed by atoms with E-state index in [0.717, 1.165) is 84.2 Å². The standard InChI is InChI=1S/C46H81O8P/c1-4-6-8-10-12-14-16-18-20-21-22-23-24-25-27-28-30-32-34-36-38-40-45(47)52-42-44(43-53-55(49,50)51-3)54-46(48)41-39-37-35-33-31-29-26-19-17-15-13-11-9-7-5-2/h7,9,13,15-16,18-19,21-22,26,44H,4-6,8,10-12,14,17,20,23-25,27-43H2,1-3H3,(H,49,50)/b9-7-,15-13-,18-16-,22-21-,26-19-. The first-order valence-electron chi connectivity index (χ1n) is 22.0. The van der Waals surface area contributed by atoms with E-state index in [0.29, 0.717) is 6.42 Å². The van der Waals surface area contributed by atoms with Crippen molar-refractivity contribution >= 4 is 19.8 Å². The van der Waals surface area contributed by atoms with Crippen molar-refractivity contribution < 1.29 is 37.6 Å². The highest BCUT2D eigenvalue weighted by Crippen LogP contribution is 2.42. The Labute approximate surface area is 337 Å².